The van der Waals surface area contributed by atoms with Crippen molar-refractivity contribution in [1.82, 2.24) is 4.98 Å². The van der Waals surface area contributed by atoms with Crippen LogP contribution in [0.3, 0.4) is 0 Å². The van der Waals surface area contributed by atoms with Gasteiger partial charge in [0.2, 0.25) is 0 Å². The quantitative estimate of drug-likeness (QED) is 0.853. The number of thiazole rings is 1. The van der Waals surface area contributed by atoms with Gasteiger partial charge in [-0.2, -0.15) is 0 Å². The highest BCUT2D eigenvalue weighted by Crippen LogP contribution is 2.35. The van der Waals surface area contributed by atoms with Gasteiger partial charge in [-0.25, -0.2) is 4.98 Å². The maximum Gasteiger partial charge on any atom is 0.184 e. The van der Waals surface area contributed by atoms with Gasteiger partial charge in [-0.3, -0.25) is 0 Å². The van der Waals surface area contributed by atoms with E-state index in [-0.39, 0.29) is 0 Å². The van der Waals surface area contributed by atoms with E-state index >= 15 is 0 Å². The van der Waals surface area contributed by atoms with Crippen LogP contribution >= 0.6 is 22.9 Å². The molecule has 0 saturated heterocycles. The van der Waals surface area contributed by atoms with E-state index in [0.29, 0.717) is 17.7 Å². The zero-order chi connectivity index (χ0) is 13.9. The Hall–Kier alpha value is -1.00. The molecule has 1 fully saturated rings. The first-order chi connectivity index (χ1) is 9.76. The van der Waals surface area contributed by atoms with Crippen LogP contribution < -0.4 is 10.1 Å². The molecule has 0 aliphatic heterocycles. The summed E-state index contributed by atoms with van der Waals surface area (Å²) in [5.74, 6) is 0.817. The van der Waals surface area contributed by atoms with Crippen molar-refractivity contribution >= 4 is 38.3 Å². The fourth-order valence-electron chi connectivity index (χ4n) is 2.70. The van der Waals surface area contributed by atoms with Crippen LogP contribution in [0.5, 0.6) is 5.75 Å². The minimum atomic E-state index is 0.564. The highest BCUT2D eigenvalue weighted by molar-refractivity contribution is 7.22. The number of fused-ring (bicyclic) bond motifs is 1. The summed E-state index contributed by atoms with van der Waals surface area (Å²) in [6.45, 7) is 2.62. The Morgan fingerprint density at radius 2 is 2.15 bits per heavy atom. The molecule has 1 heterocycles. The molecule has 1 aliphatic carbocycles. The Labute approximate surface area is 128 Å². The number of anilines is 1. The van der Waals surface area contributed by atoms with Gasteiger partial charge in [-0.15, -0.1) is 0 Å². The molecule has 0 bridgehead atoms. The molecular weight excluding hydrogens is 292 g/mol. The Balaban J connectivity index is 1.83. The molecule has 3 nitrogen and oxygen atoms in total. The predicted molar refractivity (Wildman–Crippen MR) is 86.3 cm³/mol. The second-order valence-corrected chi connectivity index (χ2v) is 6.62. The number of rotatable bonds is 4. The number of nitrogens with one attached hydrogen (secondary N) is 1. The van der Waals surface area contributed by atoms with Gasteiger partial charge < -0.3 is 10.1 Å². The minimum Gasteiger partial charge on any atom is -0.494 e. The molecule has 0 atom stereocenters. The molecule has 1 aromatic heterocycles. The van der Waals surface area contributed by atoms with Gasteiger partial charge in [0, 0.05) is 12.1 Å². The number of benzene rings is 1. The molecule has 0 amide bonds. The highest BCUT2D eigenvalue weighted by atomic mass is 35.5. The molecule has 5 heteroatoms. The lowest BCUT2D eigenvalue weighted by atomic mass is 9.96. The molecule has 1 N–H and O–H groups in total. The summed E-state index contributed by atoms with van der Waals surface area (Å²) in [7, 11) is 0. The van der Waals surface area contributed by atoms with E-state index in [0.717, 1.165) is 21.1 Å². The summed E-state index contributed by atoms with van der Waals surface area (Å²) in [4.78, 5) is 4.63. The molecule has 0 radical (unpaired) electrons. The van der Waals surface area contributed by atoms with Crippen LogP contribution in [0.25, 0.3) is 10.2 Å². The van der Waals surface area contributed by atoms with Gasteiger partial charge in [-0.1, -0.05) is 42.2 Å². The van der Waals surface area contributed by atoms with E-state index in [4.69, 9.17) is 16.3 Å². The fourth-order valence-corrected chi connectivity index (χ4v) is 4.00. The number of aromatic nitrogens is 1. The maximum absolute atomic E-state index is 6.29. The van der Waals surface area contributed by atoms with E-state index in [2.05, 4.69) is 10.3 Å². The number of ether oxygens (including phenoxy) is 1. The van der Waals surface area contributed by atoms with Crippen molar-refractivity contribution in [3.63, 3.8) is 0 Å². The lowest BCUT2D eigenvalue weighted by Gasteiger charge is -2.22. The van der Waals surface area contributed by atoms with Crippen LogP contribution in [0.1, 0.15) is 39.0 Å². The van der Waals surface area contributed by atoms with Crippen LogP contribution in [-0.4, -0.2) is 17.6 Å². The summed E-state index contributed by atoms with van der Waals surface area (Å²) in [6.07, 6.45) is 6.49. The van der Waals surface area contributed by atoms with Crippen molar-refractivity contribution in [2.75, 3.05) is 11.9 Å². The van der Waals surface area contributed by atoms with Crippen LogP contribution in [0, 0.1) is 0 Å². The zero-order valence-electron chi connectivity index (χ0n) is 11.6. The smallest absolute Gasteiger partial charge is 0.184 e. The summed E-state index contributed by atoms with van der Waals surface area (Å²) >= 11 is 7.95. The van der Waals surface area contributed by atoms with Gasteiger partial charge in [0.25, 0.3) is 0 Å². The fraction of sp³-hybridized carbons (Fsp3) is 0.533. The molecule has 1 aromatic carbocycles. The molecule has 3 rings (SSSR count). The van der Waals surface area contributed by atoms with Crippen molar-refractivity contribution in [2.45, 2.75) is 45.1 Å². The van der Waals surface area contributed by atoms with Crippen LogP contribution in [0.2, 0.25) is 5.02 Å². The second kappa shape index (κ2) is 6.19. The monoisotopic (exact) mass is 310 g/mol. The van der Waals surface area contributed by atoms with E-state index in [1.807, 2.05) is 19.1 Å². The van der Waals surface area contributed by atoms with Crippen molar-refractivity contribution in [1.29, 1.82) is 0 Å². The molecule has 1 aliphatic rings. The molecule has 0 spiro atoms. The molecule has 2 aromatic rings. The van der Waals surface area contributed by atoms with Crippen LogP contribution in [0.4, 0.5) is 5.13 Å². The lowest BCUT2D eigenvalue weighted by Crippen LogP contribution is -2.21. The molecule has 20 heavy (non-hydrogen) atoms. The van der Waals surface area contributed by atoms with Gasteiger partial charge in [0.05, 0.1) is 16.3 Å². The van der Waals surface area contributed by atoms with E-state index in [9.17, 15) is 0 Å². The summed E-state index contributed by atoms with van der Waals surface area (Å²) in [6, 6.07) is 4.43. The van der Waals surface area contributed by atoms with E-state index in [1.54, 1.807) is 11.3 Å². The number of nitrogens with zero attached hydrogens (tertiary/aromatic N) is 1. The molecule has 0 unspecified atom stereocenters. The van der Waals surface area contributed by atoms with Crippen molar-refractivity contribution in [3.05, 3.63) is 17.2 Å². The van der Waals surface area contributed by atoms with Crippen LogP contribution in [-0.2, 0) is 0 Å². The summed E-state index contributed by atoms with van der Waals surface area (Å²) < 4.78 is 6.61. The molecule has 108 valence electrons. The third kappa shape index (κ3) is 3.01. The third-order valence-electron chi connectivity index (χ3n) is 3.67. The Morgan fingerprint density at radius 1 is 1.35 bits per heavy atom. The van der Waals surface area contributed by atoms with Gasteiger partial charge in [0.1, 0.15) is 11.3 Å². The maximum atomic E-state index is 6.29. The first-order valence-electron chi connectivity index (χ1n) is 7.25. The normalized spacial score (nSPS) is 16.5. The summed E-state index contributed by atoms with van der Waals surface area (Å²) in [5, 5.41) is 5.20. The number of halogens is 1. The second-order valence-electron chi connectivity index (χ2n) is 5.18. The topological polar surface area (TPSA) is 34.1 Å². The van der Waals surface area contributed by atoms with E-state index < -0.39 is 0 Å². The Bertz CT molecular complexity index is 593. The first-order valence-corrected chi connectivity index (χ1v) is 8.45. The first kappa shape index (κ1) is 14.0. The summed E-state index contributed by atoms with van der Waals surface area (Å²) in [5.41, 5.74) is 0.874. The SMILES string of the molecule is CCOc1cc(Cl)c2nc(NC3CCCCC3)sc2c1. The molecule has 1 saturated carbocycles. The predicted octanol–water partition coefficient (Wildman–Crippen LogP) is 5.09. The van der Waals surface area contributed by atoms with Crippen molar-refractivity contribution in [2.24, 2.45) is 0 Å². The highest BCUT2D eigenvalue weighted by Gasteiger charge is 2.16. The average Bonchev–Trinajstić information content (AvgIpc) is 2.83. The standard InChI is InChI=1S/C15H19ClN2OS/c1-2-19-11-8-12(16)14-13(9-11)20-15(18-14)17-10-6-4-3-5-7-10/h8-10H,2-7H2,1H3,(H,17,18). The largest absolute Gasteiger partial charge is 0.494 e. The van der Waals surface area contributed by atoms with Gasteiger partial charge >= 0.3 is 0 Å². The van der Waals surface area contributed by atoms with Gasteiger partial charge in [-0.05, 0) is 25.8 Å². The lowest BCUT2D eigenvalue weighted by molar-refractivity contribution is 0.341. The number of hydrogen-bond acceptors (Lipinski definition) is 4. The zero-order valence-corrected chi connectivity index (χ0v) is 13.2. The minimum absolute atomic E-state index is 0.564. The Morgan fingerprint density at radius 3 is 2.90 bits per heavy atom. The number of hydrogen-bond donors (Lipinski definition) is 1. The average molecular weight is 311 g/mol. The van der Waals surface area contributed by atoms with Crippen molar-refractivity contribution < 1.29 is 4.74 Å². The van der Waals surface area contributed by atoms with Gasteiger partial charge in [0.15, 0.2) is 5.13 Å². The van der Waals surface area contributed by atoms with E-state index in [1.165, 1.54) is 32.1 Å². The molecular formula is C15H19ClN2OS. The third-order valence-corrected chi connectivity index (χ3v) is 4.89. The van der Waals surface area contributed by atoms with Crippen LogP contribution in [0.15, 0.2) is 12.1 Å². The van der Waals surface area contributed by atoms with Crippen molar-refractivity contribution in [3.8, 4) is 5.75 Å². The Kier molecular flexibility index (Phi) is 4.32.